The molecule has 29 heavy (non-hydrogen) atoms. The van der Waals surface area contributed by atoms with Crippen molar-refractivity contribution in [1.82, 2.24) is 4.90 Å². The molecule has 0 radical (unpaired) electrons. The average Bonchev–Trinajstić information content (AvgIpc) is 3.16. The van der Waals surface area contributed by atoms with Crippen LogP contribution in [-0.4, -0.2) is 54.5 Å². The highest BCUT2D eigenvalue weighted by Gasteiger charge is 2.22. The minimum atomic E-state index is -1.82. The summed E-state index contributed by atoms with van der Waals surface area (Å²) >= 11 is 0. The molecule has 1 atom stereocenters. The van der Waals surface area contributed by atoms with Crippen molar-refractivity contribution in [2.75, 3.05) is 27.4 Å². The summed E-state index contributed by atoms with van der Waals surface area (Å²) in [7, 11) is 4.03. The molecule has 0 spiro atoms. The van der Waals surface area contributed by atoms with E-state index in [2.05, 4.69) is 4.90 Å². The molecule has 1 aliphatic heterocycles. The van der Waals surface area contributed by atoms with Gasteiger partial charge in [-0.05, 0) is 43.9 Å². The molecule has 0 fully saturated rings. The van der Waals surface area contributed by atoms with E-state index in [0.29, 0.717) is 17.2 Å². The van der Waals surface area contributed by atoms with Crippen LogP contribution in [0, 0.1) is 5.82 Å². The van der Waals surface area contributed by atoms with Gasteiger partial charge in [0.05, 0.1) is 0 Å². The number of nitrogens with zero attached hydrogens (tertiary/aromatic N) is 1. The van der Waals surface area contributed by atoms with Gasteiger partial charge in [0, 0.05) is 13.0 Å². The molecule has 1 heterocycles. The van der Waals surface area contributed by atoms with Gasteiger partial charge in [0.25, 0.3) is 0 Å². The number of carboxylic acid groups (broad SMARTS) is 2. The highest BCUT2D eigenvalue weighted by Crippen LogP contribution is 2.42. The molecule has 0 aliphatic carbocycles. The minimum absolute atomic E-state index is 0.186. The maximum Gasteiger partial charge on any atom is 0.414 e. The number of rotatable bonds is 6. The summed E-state index contributed by atoms with van der Waals surface area (Å²) in [5, 5.41) is 14.8. The number of halogens is 1. The number of hydrogen-bond donors (Lipinski definition) is 2. The summed E-state index contributed by atoms with van der Waals surface area (Å²) in [6.07, 6.45) is 0.595. The minimum Gasteiger partial charge on any atom is -0.482 e. The highest BCUT2D eigenvalue weighted by atomic mass is 19.1. The molecule has 2 aromatic rings. The predicted octanol–water partition coefficient (Wildman–Crippen LogP) is 2.78. The number of hydrogen-bond acceptors (Lipinski definition) is 6. The van der Waals surface area contributed by atoms with E-state index in [1.54, 1.807) is 12.1 Å². The summed E-state index contributed by atoms with van der Waals surface area (Å²) in [6, 6.07) is 12.0. The molecule has 3 rings (SSSR count). The van der Waals surface area contributed by atoms with E-state index in [-0.39, 0.29) is 18.7 Å². The van der Waals surface area contributed by atoms with E-state index in [9.17, 15) is 4.39 Å². The van der Waals surface area contributed by atoms with Gasteiger partial charge in [-0.2, -0.15) is 0 Å². The van der Waals surface area contributed by atoms with Crippen LogP contribution < -0.4 is 14.2 Å². The van der Waals surface area contributed by atoms with Crippen LogP contribution in [0.2, 0.25) is 0 Å². The van der Waals surface area contributed by atoms with Gasteiger partial charge in [-0.3, -0.25) is 0 Å². The second kappa shape index (κ2) is 10.3. The molecule has 2 N–H and O–H groups in total. The van der Waals surface area contributed by atoms with Crippen molar-refractivity contribution >= 4 is 11.9 Å². The zero-order valence-electron chi connectivity index (χ0n) is 16.0. The zero-order valence-corrected chi connectivity index (χ0v) is 16.0. The third-order valence-electron chi connectivity index (χ3n) is 3.89. The Morgan fingerprint density at radius 2 is 1.76 bits per heavy atom. The second-order valence-corrected chi connectivity index (χ2v) is 6.35. The fraction of sp³-hybridized carbons (Fsp3) is 0.300. The van der Waals surface area contributed by atoms with E-state index in [1.165, 1.54) is 12.1 Å². The second-order valence-electron chi connectivity index (χ2n) is 6.35. The van der Waals surface area contributed by atoms with Crippen LogP contribution in [0.15, 0.2) is 42.5 Å². The van der Waals surface area contributed by atoms with Gasteiger partial charge < -0.3 is 29.3 Å². The van der Waals surface area contributed by atoms with Crippen LogP contribution in [0.5, 0.6) is 17.2 Å². The Bertz CT molecular complexity index is 827. The molecule has 0 unspecified atom stereocenters. The average molecular weight is 407 g/mol. The Hall–Kier alpha value is -3.33. The number of carbonyl (C=O) groups is 2. The highest BCUT2D eigenvalue weighted by molar-refractivity contribution is 6.27. The van der Waals surface area contributed by atoms with Crippen molar-refractivity contribution in [3.63, 3.8) is 0 Å². The lowest BCUT2D eigenvalue weighted by atomic mass is 10.1. The molecule has 0 bridgehead atoms. The maximum atomic E-state index is 13.2. The van der Waals surface area contributed by atoms with Crippen LogP contribution in [0.4, 0.5) is 4.39 Å². The molecule has 0 amide bonds. The lowest BCUT2D eigenvalue weighted by Gasteiger charge is -2.22. The van der Waals surface area contributed by atoms with Crippen molar-refractivity contribution in [3.05, 3.63) is 53.8 Å². The van der Waals surface area contributed by atoms with Crippen molar-refractivity contribution in [2.45, 2.75) is 12.5 Å². The molecule has 9 heteroatoms. The van der Waals surface area contributed by atoms with Gasteiger partial charge >= 0.3 is 11.9 Å². The van der Waals surface area contributed by atoms with Gasteiger partial charge in [0.1, 0.15) is 11.9 Å². The van der Waals surface area contributed by atoms with Crippen LogP contribution in [0.3, 0.4) is 0 Å². The number of benzene rings is 2. The normalized spacial score (nSPS) is 12.7. The fourth-order valence-corrected chi connectivity index (χ4v) is 2.50. The molecule has 0 aromatic heterocycles. The van der Waals surface area contributed by atoms with E-state index in [0.717, 1.165) is 18.5 Å². The Balaban J connectivity index is 0.000000438. The number of aliphatic carboxylic acids is 2. The van der Waals surface area contributed by atoms with Crippen molar-refractivity contribution in [1.29, 1.82) is 0 Å². The molecule has 1 aliphatic rings. The lowest BCUT2D eigenvalue weighted by Crippen LogP contribution is -2.19. The summed E-state index contributed by atoms with van der Waals surface area (Å²) in [4.78, 5) is 20.3. The molecule has 156 valence electrons. The first kappa shape index (κ1) is 22.0. The molecular formula is C20H22FNO7. The van der Waals surface area contributed by atoms with Crippen molar-refractivity contribution in [2.24, 2.45) is 0 Å². The summed E-state index contributed by atoms with van der Waals surface area (Å²) in [6.45, 7) is 1.06. The topological polar surface area (TPSA) is 106 Å². The quantitative estimate of drug-likeness (QED) is 0.705. The lowest BCUT2D eigenvalue weighted by molar-refractivity contribution is -0.159. The number of carboxylic acids is 2. The van der Waals surface area contributed by atoms with E-state index < -0.39 is 11.9 Å². The molecule has 0 saturated carbocycles. The van der Waals surface area contributed by atoms with E-state index in [4.69, 9.17) is 34.0 Å². The van der Waals surface area contributed by atoms with Gasteiger partial charge in [-0.25, -0.2) is 14.0 Å². The van der Waals surface area contributed by atoms with Crippen molar-refractivity contribution < 1.29 is 38.4 Å². The Morgan fingerprint density at radius 3 is 2.34 bits per heavy atom. The molecule has 2 aromatic carbocycles. The number of fused-ring (bicyclic) bond motifs is 1. The number of para-hydroxylation sites is 1. The summed E-state index contributed by atoms with van der Waals surface area (Å²) in [5.74, 6) is -1.94. The third-order valence-corrected chi connectivity index (χ3v) is 3.89. The number of ether oxygens (including phenoxy) is 3. The van der Waals surface area contributed by atoms with E-state index >= 15 is 0 Å². The standard InChI is InChI=1S/C18H20FNO3.C2H2O4/c1-20(2)11-10-15(13-6-8-14(19)9-7-13)23-17-5-3-4-16-18(17)22-12-21-16;3-1(4)2(5)6/h3-9,15H,10-12H2,1-2H3;(H,3,4)(H,5,6)/t15-;/m1./s1. The first-order chi connectivity index (χ1) is 13.8. The van der Waals surface area contributed by atoms with Crippen LogP contribution in [-0.2, 0) is 9.59 Å². The predicted molar refractivity (Wildman–Crippen MR) is 101 cm³/mol. The van der Waals surface area contributed by atoms with E-state index in [1.807, 2.05) is 32.3 Å². The van der Waals surface area contributed by atoms with Crippen LogP contribution in [0.25, 0.3) is 0 Å². The third kappa shape index (κ3) is 6.65. The molecule has 0 saturated heterocycles. The smallest absolute Gasteiger partial charge is 0.414 e. The fourth-order valence-electron chi connectivity index (χ4n) is 2.50. The largest absolute Gasteiger partial charge is 0.482 e. The SMILES string of the molecule is CN(C)CC[C@@H](Oc1cccc2c1OCO2)c1ccc(F)cc1.O=C(O)C(=O)O. The summed E-state index contributed by atoms with van der Waals surface area (Å²) in [5.41, 5.74) is 0.935. The van der Waals surface area contributed by atoms with Gasteiger partial charge in [0.15, 0.2) is 11.5 Å². The Morgan fingerprint density at radius 1 is 1.10 bits per heavy atom. The first-order valence-corrected chi connectivity index (χ1v) is 8.69. The Labute approximate surface area is 167 Å². The maximum absolute atomic E-state index is 13.2. The van der Waals surface area contributed by atoms with Gasteiger partial charge in [0.2, 0.25) is 12.5 Å². The van der Waals surface area contributed by atoms with Crippen molar-refractivity contribution in [3.8, 4) is 17.2 Å². The monoisotopic (exact) mass is 407 g/mol. The van der Waals surface area contributed by atoms with Gasteiger partial charge in [-0.1, -0.05) is 18.2 Å². The van der Waals surface area contributed by atoms with Crippen LogP contribution >= 0.6 is 0 Å². The molecular weight excluding hydrogens is 385 g/mol. The zero-order chi connectivity index (χ0) is 21.4. The van der Waals surface area contributed by atoms with Crippen LogP contribution in [0.1, 0.15) is 18.1 Å². The first-order valence-electron chi connectivity index (χ1n) is 8.69. The Kier molecular flexibility index (Phi) is 7.79. The van der Waals surface area contributed by atoms with Gasteiger partial charge in [-0.15, -0.1) is 0 Å². The summed E-state index contributed by atoms with van der Waals surface area (Å²) < 4.78 is 30.2. The molecule has 8 nitrogen and oxygen atoms in total.